The molecule has 112 valence electrons. The third-order valence-electron chi connectivity index (χ3n) is 3.21. The molecule has 1 amide bonds. The lowest BCUT2D eigenvalue weighted by atomic mass is 10.1. The quantitative estimate of drug-likeness (QED) is 0.856. The van der Waals surface area contributed by atoms with Crippen LogP contribution in [0.2, 0.25) is 0 Å². The highest BCUT2D eigenvalue weighted by Gasteiger charge is 2.15. The van der Waals surface area contributed by atoms with Gasteiger partial charge in [0, 0.05) is 11.0 Å². The van der Waals surface area contributed by atoms with E-state index >= 15 is 0 Å². The van der Waals surface area contributed by atoms with Crippen molar-refractivity contribution in [2.75, 3.05) is 5.32 Å². The van der Waals surface area contributed by atoms with Gasteiger partial charge in [-0.1, -0.05) is 19.1 Å². The Labute approximate surface area is 132 Å². The van der Waals surface area contributed by atoms with Gasteiger partial charge in [0.1, 0.15) is 16.9 Å². The molecule has 0 fully saturated rings. The molecule has 0 atom stereocenters. The van der Waals surface area contributed by atoms with Crippen LogP contribution in [-0.2, 0) is 11.2 Å². The molecule has 1 heterocycles. The molecule has 0 aliphatic rings. The highest BCUT2D eigenvalue weighted by atomic mass is 32.1. The van der Waals surface area contributed by atoms with E-state index in [2.05, 4.69) is 11.4 Å². The first-order valence-corrected chi connectivity index (χ1v) is 7.63. The first-order valence-electron chi connectivity index (χ1n) is 6.82. The number of nitrogens with zero attached hydrogens (tertiary/aromatic N) is 1. The molecule has 0 saturated heterocycles. The molecule has 0 saturated carbocycles. The van der Waals surface area contributed by atoms with Gasteiger partial charge in [-0.25, -0.2) is 4.39 Å². The zero-order chi connectivity index (χ0) is 16.1. The predicted molar refractivity (Wildman–Crippen MR) is 87.2 cm³/mol. The van der Waals surface area contributed by atoms with Crippen LogP contribution in [0.1, 0.15) is 28.5 Å². The third-order valence-corrected chi connectivity index (χ3v) is 4.27. The van der Waals surface area contributed by atoms with E-state index < -0.39 is 0 Å². The molecule has 5 heteroatoms. The van der Waals surface area contributed by atoms with Crippen molar-refractivity contribution < 1.29 is 9.18 Å². The van der Waals surface area contributed by atoms with Crippen molar-refractivity contribution in [3.8, 4) is 6.07 Å². The van der Waals surface area contributed by atoms with Crippen LogP contribution in [0.5, 0.6) is 0 Å². The topological polar surface area (TPSA) is 52.9 Å². The van der Waals surface area contributed by atoms with Crippen LogP contribution in [-0.4, -0.2) is 5.91 Å². The standard InChI is InChI=1S/C17H15FN2OS/c1-3-14-11(2)22-17(15(14)10-19)20-16(21)9-6-12-4-7-13(18)8-5-12/h4-9H,3H2,1-2H3,(H,20,21)/b9-6+. The fourth-order valence-corrected chi connectivity index (χ4v) is 3.21. The SMILES string of the molecule is CCc1c(C)sc(NC(=O)/C=C/c2ccc(F)cc2)c1C#N. The minimum atomic E-state index is -0.318. The van der Waals surface area contributed by atoms with Crippen molar-refractivity contribution in [2.45, 2.75) is 20.3 Å². The molecule has 2 aromatic rings. The number of carbonyl (C=O) groups is 1. The summed E-state index contributed by atoms with van der Waals surface area (Å²) in [5.41, 5.74) is 2.24. The van der Waals surface area contributed by atoms with Gasteiger partial charge in [0.15, 0.2) is 0 Å². The molecule has 0 aliphatic heterocycles. The summed E-state index contributed by atoms with van der Waals surface area (Å²) in [7, 11) is 0. The summed E-state index contributed by atoms with van der Waals surface area (Å²) in [5.74, 6) is -0.633. The number of carbonyl (C=O) groups excluding carboxylic acids is 1. The van der Waals surface area contributed by atoms with Crippen LogP contribution in [0.15, 0.2) is 30.3 Å². The zero-order valence-corrected chi connectivity index (χ0v) is 13.1. The predicted octanol–water partition coefficient (Wildman–Crippen LogP) is 4.28. The third kappa shape index (κ3) is 3.60. The Hall–Kier alpha value is -2.45. The molecule has 22 heavy (non-hydrogen) atoms. The molecule has 0 bridgehead atoms. The van der Waals surface area contributed by atoms with Crippen LogP contribution in [0, 0.1) is 24.1 Å². The van der Waals surface area contributed by atoms with Gasteiger partial charge >= 0.3 is 0 Å². The van der Waals surface area contributed by atoms with Crippen molar-refractivity contribution in [2.24, 2.45) is 0 Å². The Kier molecular flexibility index (Phi) is 5.08. The van der Waals surface area contributed by atoms with Crippen molar-refractivity contribution >= 4 is 28.3 Å². The Balaban J connectivity index is 2.13. The summed E-state index contributed by atoms with van der Waals surface area (Å²) in [6, 6.07) is 8.00. The summed E-state index contributed by atoms with van der Waals surface area (Å²) < 4.78 is 12.8. The van der Waals surface area contributed by atoms with E-state index in [4.69, 9.17) is 0 Å². The van der Waals surface area contributed by atoms with Crippen molar-refractivity contribution in [1.82, 2.24) is 0 Å². The van der Waals surface area contributed by atoms with Gasteiger partial charge in [-0.3, -0.25) is 4.79 Å². The maximum Gasteiger partial charge on any atom is 0.249 e. The number of aryl methyl sites for hydroxylation is 1. The van der Waals surface area contributed by atoms with Gasteiger partial charge in [-0.05, 0) is 42.7 Å². The fraction of sp³-hybridized carbons (Fsp3) is 0.176. The first kappa shape index (κ1) is 15.9. The number of halogens is 1. The summed E-state index contributed by atoms with van der Waals surface area (Å²) in [6.07, 6.45) is 3.73. The lowest BCUT2D eigenvalue weighted by Gasteiger charge is -2.00. The second-order valence-corrected chi connectivity index (χ2v) is 5.91. The normalized spacial score (nSPS) is 10.6. The molecule has 1 aromatic carbocycles. The first-order chi connectivity index (χ1) is 10.5. The van der Waals surface area contributed by atoms with Gasteiger partial charge < -0.3 is 5.32 Å². The molecular formula is C17H15FN2OS. The molecule has 0 radical (unpaired) electrons. The molecule has 3 nitrogen and oxygen atoms in total. The fourth-order valence-electron chi connectivity index (χ4n) is 2.11. The Bertz CT molecular complexity index is 754. The van der Waals surface area contributed by atoms with Crippen molar-refractivity contribution in [3.63, 3.8) is 0 Å². The number of nitriles is 1. The van der Waals surface area contributed by atoms with Gasteiger partial charge in [0.25, 0.3) is 0 Å². The van der Waals surface area contributed by atoms with Crippen LogP contribution < -0.4 is 5.32 Å². The van der Waals surface area contributed by atoms with Crippen LogP contribution in [0.4, 0.5) is 9.39 Å². The van der Waals surface area contributed by atoms with Crippen LogP contribution in [0.3, 0.4) is 0 Å². The van der Waals surface area contributed by atoms with Crippen LogP contribution >= 0.6 is 11.3 Å². The van der Waals surface area contributed by atoms with E-state index in [0.29, 0.717) is 10.6 Å². The molecule has 1 aromatic heterocycles. The van der Waals surface area contributed by atoms with E-state index in [1.165, 1.54) is 29.5 Å². The highest BCUT2D eigenvalue weighted by molar-refractivity contribution is 7.16. The number of nitrogens with one attached hydrogen (secondary N) is 1. The van der Waals surface area contributed by atoms with E-state index in [0.717, 1.165) is 22.4 Å². The average Bonchev–Trinajstić information content (AvgIpc) is 2.81. The molecule has 0 unspecified atom stereocenters. The van der Waals surface area contributed by atoms with Gasteiger partial charge in [-0.15, -0.1) is 11.3 Å². The summed E-state index contributed by atoms with van der Waals surface area (Å²) in [4.78, 5) is 13.0. The lowest BCUT2D eigenvalue weighted by Crippen LogP contribution is -2.07. The van der Waals surface area contributed by atoms with E-state index in [1.807, 2.05) is 13.8 Å². The van der Waals surface area contributed by atoms with E-state index in [-0.39, 0.29) is 11.7 Å². The number of rotatable bonds is 4. The lowest BCUT2D eigenvalue weighted by molar-refractivity contribution is -0.111. The second-order valence-electron chi connectivity index (χ2n) is 4.68. The smallest absolute Gasteiger partial charge is 0.249 e. The maximum absolute atomic E-state index is 12.8. The van der Waals surface area contributed by atoms with Crippen molar-refractivity contribution in [1.29, 1.82) is 5.26 Å². The van der Waals surface area contributed by atoms with Gasteiger partial charge in [0.2, 0.25) is 5.91 Å². The molecular weight excluding hydrogens is 299 g/mol. The minimum absolute atomic E-state index is 0.315. The van der Waals surface area contributed by atoms with E-state index in [9.17, 15) is 14.4 Å². The highest BCUT2D eigenvalue weighted by Crippen LogP contribution is 2.32. The number of amides is 1. The van der Waals surface area contributed by atoms with Gasteiger partial charge in [-0.2, -0.15) is 5.26 Å². The number of thiophene rings is 1. The van der Waals surface area contributed by atoms with Crippen LogP contribution in [0.25, 0.3) is 6.08 Å². The number of anilines is 1. The summed E-state index contributed by atoms with van der Waals surface area (Å²) >= 11 is 1.40. The zero-order valence-electron chi connectivity index (χ0n) is 12.3. The molecule has 0 aliphatic carbocycles. The summed E-state index contributed by atoms with van der Waals surface area (Å²) in [5, 5.41) is 12.6. The van der Waals surface area contributed by atoms with E-state index in [1.54, 1.807) is 18.2 Å². The number of hydrogen-bond acceptors (Lipinski definition) is 3. The van der Waals surface area contributed by atoms with Crippen molar-refractivity contribution in [3.05, 3.63) is 57.7 Å². The number of hydrogen-bond donors (Lipinski definition) is 1. The average molecular weight is 314 g/mol. The Morgan fingerprint density at radius 3 is 2.68 bits per heavy atom. The monoisotopic (exact) mass is 314 g/mol. The largest absolute Gasteiger partial charge is 0.313 e. The second kappa shape index (κ2) is 7.01. The van der Waals surface area contributed by atoms with Gasteiger partial charge in [0.05, 0.1) is 5.56 Å². The molecule has 1 N–H and O–H groups in total. The maximum atomic E-state index is 12.8. The Morgan fingerprint density at radius 1 is 1.41 bits per heavy atom. The number of benzene rings is 1. The summed E-state index contributed by atoms with van der Waals surface area (Å²) in [6.45, 7) is 3.92. The minimum Gasteiger partial charge on any atom is -0.313 e. The Morgan fingerprint density at radius 2 is 2.09 bits per heavy atom. The molecule has 2 rings (SSSR count). The molecule has 0 spiro atoms.